The van der Waals surface area contributed by atoms with Gasteiger partial charge in [-0.15, -0.1) is 0 Å². The molecular weight excluding hydrogens is 330 g/mol. The van der Waals surface area contributed by atoms with Crippen molar-refractivity contribution in [3.05, 3.63) is 60.2 Å². The molecule has 0 aliphatic carbocycles. The van der Waals surface area contributed by atoms with Gasteiger partial charge in [0.1, 0.15) is 5.25 Å². The first-order valence-corrected chi connectivity index (χ1v) is 9.45. The number of nitrogens with zero attached hydrogens (tertiary/aromatic N) is 3. The van der Waals surface area contributed by atoms with E-state index in [1.807, 2.05) is 74.3 Å². The molecule has 0 aliphatic heterocycles. The summed E-state index contributed by atoms with van der Waals surface area (Å²) in [5.41, 5.74) is 3.04. The van der Waals surface area contributed by atoms with E-state index in [-0.39, 0.29) is 11.2 Å². The van der Waals surface area contributed by atoms with E-state index < -0.39 is 0 Å². The van der Waals surface area contributed by atoms with Crippen molar-refractivity contribution in [1.82, 2.24) is 14.5 Å². The second-order valence-electron chi connectivity index (χ2n) is 5.86. The van der Waals surface area contributed by atoms with E-state index in [4.69, 9.17) is 4.98 Å². The predicted octanol–water partition coefficient (Wildman–Crippen LogP) is 4.28. The van der Waals surface area contributed by atoms with Gasteiger partial charge < -0.3 is 9.47 Å². The van der Waals surface area contributed by atoms with Crippen LogP contribution in [0.5, 0.6) is 0 Å². The highest BCUT2D eigenvalue weighted by atomic mass is 32.2. The van der Waals surface area contributed by atoms with Gasteiger partial charge in [0.25, 0.3) is 0 Å². The Balaban J connectivity index is 1.99. The fourth-order valence-corrected chi connectivity index (χ4v) is 4.09. The van der Waals surface area contributed by atoms with Crippen LogP contribution in [-0.4, -0.2) is 33.4 Å². The molecule has 3 rings (SSSR count). The van der Waals surface area contributed by atoms with Gasteiger partial charge in [0.15, 0.2) is 5.16 Å². The van der Waals surface area contributed by atoms with Crippen LogP contribution in [0.2, 0.25) is 0 Å². The number of carbonyl (C=O) groups is 1. The summed E-state index contributed by atoms with van der Waals surface area (Å²) >= 11 is 1.52. The first-order valence-electron chi connectivity index (χ1n) is 8.57. The molecule has 1 aromatic heterocycles. The van der Waals surface area contributed by atoms with Crippen molar-refractivity contribution in [3.8, 4) is 0 Å². The zero-order valence-electron chi connectivity index (χ0n) is 14.8. The lowest BCUT2D eigenvalue weighted by atomic mass is 10.1. The van der Waals surface area contributed by atoms with Gasteiger partial charge in [0, 0.05) is 20.1 Å². The summed E-state index contributed by atoms with van der Waals surface area (Å²) in [6.07, 6.45) is 0. The maximum Gasteiger partial charge on any atom is 0.240 e. The number of aromatic nitrogens is 2. The Hall–Kier alpha value is -2.27. The second kappa shape index (κ2) is 7.74. The van der Waals surface area contributed by atoms with E-state index in [1.54, 1.807) is 0 Å². The van der Waals surface area contributed by atoms with E-state index in [0.717, 1.165) is 21.8 Å². The van der Waals surface area contributed by atoms with Crippen molar-refractivity contribution in [1.29, 1.82) is 0 Å². The Morgan fingerprint density at radius 1 is 1.08 bits per heavy atom. The van der Waals surface area contributed by atoms with E-state index >= 15 is 0 Å². The van der Waals surface area contributed by atoms with E-state index in [0.29, 0.717) is 13.1 Å². The summed E-state index contributed by atoms with van der Waals surface area (Å²) in [5, 5.41) is 0.562. The number of para-hydroxylation sites is 2. The highest BCUT2D eigenvalue weighted by Gasteiger charge is 2.27. The summed E-state index contributed by atoms with van der Waals surface area (Å²) in [6.45, 7) is 5.45. The SMILES string of the molecule is CCN(CC)C(=O)[C@H](Sc1nc2ccccc2n1C)c1ccccc1. The van der Waals surface area contributed by atoms with Crippen LogP contribution in [0.1, 0.15) is 24.7 Å². The summed E-state index contributed by atoms with van der Waals surface area (Å²) in [4.78, 5) is 19.7. The molecule has 0 aliphatic rings. The van der Waals surface area contributed by atoms with Crippen molar-refractivity contribution in [2.75, 3.05) is 13.1 Å². The molecule has 0 unspecified atom stereocenters. The van der Waals surface area contributed by atoms with E-state index in [1.165, 1.54) is 11.8 Å². The van der Waals surface area contributed by atoms with Crippen molar-refractivity contribution >= 4 is 28.7 Å². The lowest BCUT2D eigenvalue weighted by molar-refractivity contribution is -0.130. The number of rotatable bonds is 6. The second-order valence-corrected chi connectivity index (χ2v) is 6.93. The Morgan fingerprint density at radius 2 is 1.72 bits per heavy atom. The van der Waals surface area contributed by atoms with Crippen LogP contribution in [-0.2, 0) is 11.8 Å². The number of imidazole rings is 1. The van der Waals surface area contributed by atoms with Crippen LogP contribution < -0.4 is 0 Å². The third-order valence-corrected chi connectivity index (χ3v) is 5.66. The molecule has 25 heavy (non-hydrogen) atoms. The summed E-state index contributed by atoms with van der Waals surface area (Å²) in [6, 6.07) is 18.0. The largest absolute Gasteiger partial charge is 0.342 e. The smallest absolute Gasteiger partial charge is 0.240 e. The number of amides is 1. The molecule has 1 amide bonds. The predicted molar refractivity (Wildman–Crippen MR) is 104 cm³/mol. The topological polar surface area (TPSA) is 38.1 Å². The van der Waals surface area contributed by atoms with Gasteiger partial charge in [0.2, 0.25) is 5.91 Å². The normalized spacial score (nSPS) is 12.3. The molecule has 130 valence electrons. The zero-order chi connectivity index (χ0) is 17.8. The minimum atomic E-state index is -0.295. The molecule has 4 nitrogen and oxygen atoms in total. The Bertz CT molecular complexity index is 856. The van der Waals surface area contributed by atoms with Crippen molar-refractivity contribution < 1.29 is 4.79 Å². The summed E-state index contributed by atoms with van der Waals surface area (Å²) in [7, 11) is 2.00. The zero-order valence-corrected chi connectivity index (χ0v) is 15.7. The Labute approximate surface area is 152 Å². The fourth-order valence-electron chi connectivity index (χ4n) is 2.92. The third-order valence-electron chi connectivity index (χ3n) is 4.37. The minimum absolute atomic E-state index is 0.133. The molecular formula is C20H23N3OS. The number of benzene rings is 2. The highest BCUT2D eigenvalue weighted by molar-refractivity contribution is 8.00. The van der Waals surface area contributed by atoms with E-state index in [2.05, 4.69) is 10.6 Å². The lowest BCUT2D eigenvalue weighted by Gasteiger charge is -2.25. The van der Waals surface area contributed by atoms with Crippen LogP contribution >= 0.6 is 11.8 Å². The van der Waals surface area contributed by atoms with Crippen molar-refractivity contribution in [3.63, 3.8) is 0 Å². The number of carbonyl (C=O) groups excluding carboxylic acids is 1. The number of thioether (sulfide) groups is 1. The minimum Gasteiger partial charge on any atom is -0.342 e. The van der Waals surface area contributed by atoms with Crippen LogP contribution in [0.3, 0.4) is 0 Å². The standard InChI is InChI=1S/C20H23N3OS/c1-4-23(5-2)19(24)18(15-11-7-6-8-12-15)25-20-21-16-13-9-10-14-17(16)22(20)3/h6-14,18H,4-5H2,1-3H3/t18-/m1/s1. The molecule has 0 radical (unpaired) electrons. The molecule has 1 atom stereocenters. The molecule has 0 spiro atoms. The van der Waals surface area contributed by atoms with Gasteiger partial charge >= 0.3 is 0 Å². The summed E-state index contributed by atoms with van der Waals surface area (Å²) in [5.74, 6) is 0.133. The fraction of sp³-hybridized carbons (Fsp3) is 0.300. The maximum atomic E-state index is 13.1. The molecule has 0 fully saturated rings. The quantitative estimate of drug-likeness (QED) is 0.621. The number of hydrogen-bond donors (Lipinski definition) is 0. The average molecular weight is 353 g/mol. The first-order chi connectivity index (χ1) is 12.2. The maximum absolute atomic E-state index is 13.1. The molecule has 0 saturated heterocycles. The van der Waals surface area contributed by atoms with Gasteiger partial charge in [-0.1, -0.05) is 54.2 Å². The third kappa shape index (κ3) is 3.56. The van der Waals surface area contributed by atoms with Gasteiger partial charge in [-0.05, 0) is 31.5 Å². The molecule has 0 N–H and O–H groups in total. The highest BCUT2D eigenvalue weighted by Crippen LogP contribution is 2.37. The Kier molecular flexibility index (Phi) is 5.43. The molecule has 3 aromatic rings. The van der Waals surface area contributed by atoms with Gasteiger partial charge in [-0.2, -0.15) is 0 Å². The number of hydrogen-bond acceptors (Lipinski definition) is 3. The number of aryl methyl sites for hydroxylation is 1. The van der Waals surface area contributed by atoms with Crippen LogP contribution in [0.15, 0.2) is 59.8 Å². The van der Waals surface area contributed by atoms with Crippen LogP contribution in [0.25, 0.3) is 11.0 Å². The summed E-state index contributed by atoms with van der Waals surface area (Å²) < 4.78 is 2.06. The first kappa shape index (κ1) is 17.5. The van der Waals surface area contributed by atoms with Crippen molar-refractivity contribution in [2.24, 2.45) is 7.05 Å². The average Bonchev–Trinajstić information content (AvgIpc) is 2.97. The van der Waals surface area contributed by atoms with Gasteiger partial charge in [-0.3, -0.25) is 4.79 Å². The molecule has 1 heterocycles. The molecule has 0 bridgehead atoms. The van der Waals surface area contributed by atoms with Gasteiger partial charge in [-0.25, -0.2) is 4.98 Å². The van der Waals surface area contributed by atoms with Crippen molar-refractivity contribution in [2.45, 2.75) is 24.3 Å². The number of likely N-dealkylation sites (N-methyl/N-ethyl adjacent to an activating group) is 1. The number of fused-ring (bicyclic) bond motifs is 1. The van der Waals surface area contributed by atoms with Crippen LogP contribution in [0, 0.1) is 0 Å². The van der Waals surface area contributed by atoms with Gasteiger partial charge in [0.05, 0.1) is 11.0 Å². The lowest BCUT2D eigenvalue weighted by Crippen LogP contribution is -2.34. The molecule has 5 heteroatoms. The molecule has 2 aromatic carbocycles. The Morgan fingerprint density at radius 3 is 2.36 bits per heavy atom. The monoisotopic (exact) mass is 353 g/mol. The van der Waals surface area contributed by atoms with Crippen LogP contribution in [0.4, 0.5) is 0 Å². The van der Waals surface area contributed by atoms with E-state index in [9.17, 15) is 4.79 Å². The molecule has 0 saturated carbocycles.